The Hall–Kier alpha value is 1.23. The number of halogens is 3. The Morgan fingerprint density at radius 1 is 1.50 bits per heavy atom. The van der Waals surface area contributed by atoms with Crippen LogP contribution in [0.1, 0.15) is 0 Å². The first-order chi connectivity index (χ1) is 3.48. The molecule has 0 saturated heterocycles. The third kappa shape index (κ3) is 3.29. The Kier molecular flexibility index (Phi) is 3.94. The van der Waals surface area contributed by atoms with Gasteiger partial charge in [0.2, 0.25) is 0 Å². The van der Waals surface area contributed by atoms with Gasteiger partial charge in [-0.05, 0) is 0 Å². The average molecular weight is 145 g/mol. The summed E-state index contributed by atoms with van der Waals surface area (Å²) in [7, 11) is 0. The fourth-order valence-electron chi connectivity index (χ4n) is 0.164. The summed E-state index contributed by atoms with van der Waals surface area (Å²) in [6.45, 7) is 2.81. The van der Waals surface area contributed by atoms with Crippen molar-refractivity contribution in [3.8, 4) is 0 Å². The van der Waals surface area contributed by atoms with E-state index in [9.17, 15) is 13.2 Å². The van der Waals surface area contributed by atoms with Crippen molar-refractivity contribution in [1.29, 1.82) is 0 Å². The first-order valence-corrected chi connectivity index (χ1v) is 3.84. The van der Waals surface area contributed by atoms with Gasteiger partial charge in [-0.15, -0.1) is 0 Å². The number of hydrogen-bond donors (Lipinski definition) is 0. The van der Waals surface area contributed by atoms with E-state index in [2.05, 4.69) is 6.58 Å². The van der Waals surface area contributed by atoms with E-state index in [0.717, 1.165) is 0.955 Å². The standard InChI is InChI=1S/C3H2BF3.K/c1-2(4)3(5,6)7;/h1H2;. The molecule has 5 heteroatoms. The zero-order chi connectivity index (χ0) is 6.78. The van der Waals surface area contributed by atoms with Crippen molar-refractivity contribution in [1.82, 2.24) is 0 Å². The van der Waals surface area contributed by atoms with Crippen LogP contribution in [0, 0.1) is 0 Å². The van der Waals surface area contributed by atoms with Crippen LogP contribution in [0.4, 0.5) is 13.2 Å². The molecule has 0 atom stereocenters. The van der Waals surface area contributed by atoms with Gasteiger partial charge in [0.1, 0.15) is 0 Å². The number of allylic oxidation sites excluding steroid dienone is 1. The molecule has 0 aliphatic carbocycles. The Balaban J connectivity index is 3.82. The maximum absolute atomic E-state index is 11.3. The molecule has 8 heavy (non-hydrogen) atoms. The van der Waals surface area contributed by atoms with Crippen LogP contribution >= 0.6 is 0 Å². The second-order valence-corrected chi connectivity index (χ2v) is 2.21. The molecule has 0 fully saturated rings. The van der Waals surface area contributed by atoms with Gasteiger partial charge in [0, 0.05) is 0 Å². The summed E-state index contributed by atoms with van der Waals surface area (Å²) in [6, 6.07) is 0. The molecule has 0 heterocycles. The Morgan fingerprint density at radius 3 is 1.88 bits per heavy atom. The zero-order valence-corrected chi connectivity index (χ0v) is 7.54. The fraction of sp³-hybridized carbons (Fsp3) is 0.333. The van der Waals surface area contributed by atoms with E-state index in [1.165, 1.54) is 0 Å². The molecule has 0 amide bonds. The van der Waals surface area contributed by atoms with E-state index in [0.29, 0.717) is 0 Å². The van der Waals surface area contributed by atoms with Gasteiger partial charge in [-0.2, -0.15) is 0 Å². The molecule has 0 bridgehead atoms. The van der Waals surface area contributed by atoms with E-state index in [-0.39, 0.29) is 48.6 Å². The number of rotatable bonds is 1. The first kappa shape index (κ1) is 9.23. The van der Waals surface area contributed by atoms with Gasteiger partial charge < -0.3 is 0 Å². The third-order valence-corrected chi connectivity index (χ3v) is 1.80. The van der Waals surface area contributed by atoms with Gasteiger partial charge in [0.15, 0.2) is 0 Å². The van der Waals surface area contributed by atoms with E-state index in [4.69, 9.17) is 0 Å². The number of hydrogen-bond acceptors (Lipinski definition) is 0. The molecule has 0 unspecified atom stereocenters. The van der Waals surface area contributed by atoms with Crippen LogP contribution < -0.4 is 0 Å². The Labute approximate surface area is 79.7 Å². The van der Waals surface area contributed by atoms with E-state index in [1.807, 2.05) is 0 Å². The molecule has 0 aromatic carbocycles. The summed E-state index contributed by atoms with van der Waals surface area (Å²) < 4.78 is 35.2. The summed E-state index contributed by atoms with van der Waals surface area (Å²) in [6.07, 6.45) is -4.19. The molecule has 1 radical (unpaired) electrons. The molecule has 0 aromatic heterocycles. The van der Waals surface area contributed by atoms with Crippen LogP contribution in [0.3, 0.4) is 0 Å². The maximum atomic E-state index is 11.3. The van der Waals surface area contributed by atoms with Crippen LogP contribution in [0.15, 0.2) is 12.1 Å². The predicted octanol–water partition coefficient (Wildman–Crippen LogP) is 0.850. The predicted molar refractivity (Wildman–Crippen MR) is 26.7 cm³/mol. The van der Waals surface area contributed by atoms with Crippen molar-refractivity contribution in [2.45, 2.75) is 6.18 Å². The SMILES string of the molecule is C=C([B][K])C(F)(F)F. The van der Waals surface area contributed by atoms with Gasteiger partial charge >= 0.3 is 81.0 Å². The van der Waals surface area contributed by atoms with Crippen molar-refractivity contribution >= 4 is 49.6 Å². The summed E-state index contributed by atoms with van der Waals surface area (Å²) in [5.74, 6) is 0. The molecule has 0 nitrogen and oxygen atoms in total. The summed E-state index contributed by atoms with van der Waals surface area (Å²) in [5.41, 5.74) is -0.711. The molecule has 0 aromatic rings. The first-order valence-electron chi connectivity index (χ1n) is 2.04. The van der Waals surface area contributed by atoms with Crippen molar-refractivity contribution < 1.29 is 13.2 Å². The van der Waals surface area contributed by atoms with Gasteiger partial charge in [-0.3, -0.25) is 0 Å². The van der Waals surface area contributed by atoms with Crippen LogP contribution in [0.25, 0.3) is 0 Å². The van der Waals surface area contributed by atoms with Crippen molar-refractivity contribution in [3.05, 3.63) is 12.1 Å². The van der Waals surface area contributed by atoms with Crippen LogP contribution in [-0.2, 0) is 0 Å². The van der Waals surface area contributed by atoms with Crippen LogP contribution in [0.2, 0.25) is 0 Å². The fourth-order valence-corrected chi connectivity index (χ4v) is 0.675. The quantitative estimate of drug-likeness (QED) is 0.479. The second-order valence-electron chi connectivity index (χ2n) is 1.31. The van der Waals surface area contributed by atoms with E-state index < -0.39 is 11.6 Å². The molecule has 39 valence electrons. The molecular weight excluding hydrogens is 143 g/mol. The monoisotopic (exact) mass is 145 g/mol. The topological polar surface area (TPSA) is 0 Å². The molecule has 0 spiro atoms. The van der Waals surface area contributed by atoms with E-state index in [1.54, 1.807) is 0 Å². The van der Waals surface area contributed by atoms with Crippen molar-refractivity contribution in [2.75, 3.05) is 0 Å². The van der Waals surface area contributed by atoms with Gasteiger partial charge in [-0.1, -0.05) is 0 Å². The zero-order valence-electron chi connectivity index (χ0n) is 4.42. The van der Waals surface area contributed by atoms with Crippen molar-refractivity contribution in [2.24, 2.45) is 0 Å². The minimum absolute atomic E-state index is 0.0968. The molecule has 0 aliphatic rings. The molecule has 0 saturated carbocycles. The Bertz CT molecular complexity index is 97.2. The normalized spacial score (nSPS) is 11.1. The Morgan fingerprint density at radius 2 is 1.88 bits per heavy atom. The average Bonchev–Trinajstić information content (AvgIpc) is 1.62. The minimum atomic E-state index is -4.19. The van der Waals surface area contributed by atoms with Crippen LogP contribution in [0.5, 0.6) is 0 Å². The molecule has 0 aliphatic heterocycles. The van der Waals surface area contributed by atoms with Crippen LogP contribution in [-0.4, -0.2) is 55.7 Å². The molecular formula is C3H2BF3K. The van der Waals surface area contributed by atoms with Gasteiger partial charge in [0.25, 0.3) is 0 Å². The summed E-state index contributed by atoms with van der Waals surface area (Å²) in [4.78, 5) is 0. The summed E-state index contributed by atoms with van der Waals surface area (Å²) >= 11 is 0.0968. The van der Waals surface area contributed by atoms with E-state index >= 15 is 0 Å². The van der Waals surface area contributed by atoms with Gasteiger partial charge in [0.05, 0.1) is 0 Å². The number of alkyl halides is 3. The molecule has 0 N–H and O–H groups in total. The summed E-state index contributed by atoms with van der Waals surface area (Å²) in [5, 5.41) is 0. The second kappa shape index (κ2) is 3.41. The van der Waals surface area contributed by atoms with Gasteiger partial charge in [-0.25, -0.2) is 0 Å². The van der Waals surface area contributed by atoms with Crippen molar-refractivity contribution in [3.63, 3.8) is 0 Å². The third-order valence-electron chi connectivity index (χ3n) is 0.713. The molecule has 0 rings (SSSR count).